The summed E-state index contributed by atoms with van der Waals surface area (Å²) in [5.74, 6) is 0.0459. The van der Waals surface area contributed by atoms with E-state index in [4.69, 9.17) is 16.3 Å². The van der Waals surface area contributed by atoms with Crippen molar-refractivity contribution >= 4 is 23.6 Å². The van der Waals surface area contributed by atoms with E-state index < -0.39 is 0 Å². The van der Waals surface area contributed by atoms with Gasteiger partial charge in [-0.05, 0) is 23.3 Å². The van der Waals surface area contributed by atoms with Crippen LogP contribution in [0.3, 0.4) is 0 Å². The molecule has 3 rings (SSSR count). The van der Waals surface area contributed by atoms with Crippen molar-refractivity contribution in [1.29, 1.82) is 0 Å². The highest BCUT2D eigenvalue weighted by atomic mass is 35.5. The first kappa shape index (κ1) is 18.3. The predicted octanol–water partition coefficient (Wildman–Crippen LogP) is 3.36. The van der Waals surface area contributed by atoms with E-state index in [1.807, 2.05) is 42.5 Å². The van der Waals surface area contributed by atoms with Crippen molar-refractivity contribution in [1.82, 2.24) is 9.80 Å². The van der Waals surface area contributed by atoms with Gasteiger partial charge in [0.15, 0.2) is 0 Å². The van der Waals surface area contributed by atoms with Gasteiger partial charge in [0.05, 0.1) is 6.42 Å². The van der Waals surface area contributed by atoms with Gasteiger partial charge in [-0.1, -0.05) is 54.1 Å². The molecule has 0 N–H and O–H groups in total. The lowest BCUT2D eigenvalue weighted by Gasteiger charge is -2.34. The smallest absolute Gasteiger partial charge is 0.410 e. The van der Waals surface area contributed by atoms with E-state index in [1.54, 1.807) is 21.9 Å². The molecule has 0 saturated carbocycles. The molecule has 1 aliphatic heterocycles. The molecule has 0 atom stereocenters. The fourth-order valence-corrected chi connectivity index (χ4v) is 3.10. The Morgan fingerprint density at radius 3 is 2.23 bits per heavy atom. The first-order valence-corrected chi connectivity index (χ1v) is 8.97. The van der Waals surface area contributed by atoms with Crippen LogP contribution in [0.4, 0.5) is 4.79 Å². The van der Waals surface area contributed by atoms with Gasteiger partial charge < -0.3 is 14.5 Å². The van der Waals surface area contributed by atoms with E-state index in [0.29, 0.717) is 37.6 Å². The van der Waals surface area contributed by atoms with Crippen molar-refractivity contribution < 1.29 is 14.3 Å². The first-order chi connectivity index (χ1) is 12.6. The summed E-state index contributed by atoms with van der Waals surface area (Å²) in [4.78, 5) is 28.0. The van der Waals surface area contributed by atoms with Gasteiger partial charge in [0, 0.05) is 31.2 Å². The molecule has 0 aromatic heterocycles. The van der Waals surface area contributed by atoms with E-state index in [1.165, 1.54) is 0 Å². The van der Waals surface area contributed by atoms with Crippen molar-refractivity contribution in [3.8, 4) is 0 Å². The Hall–Kier alpha value is -2.53. The Kier molecular flexibility index (Phi) is 6.12. The Labute approximate surface area is 158 Å². The second-order valence-electron chi connectivity index (χ2n) is 6.21. The van der Waals surface area contributed by atoms with Gasteiger partial charge in [-0.25, -0.2) is 4.79 Å². The summed E-state index contributed by atoms with van der Waals surface area (Å²) in [6.07, 6.45) is -0.0188. The maximum Gasteiger partial charge on any atom is 0.410 e. The fraction of sp³-hybridized carbons (Fsp3) is 0.300. The number of nitrogens with zero attached hydrogens (tertiary/aromatic N) is 2. The number of hydrogen-bond acceptors (Lipinski definition) is 3. The van der Waals surface area contributed by atoms with Gasteiger partial charge in [-0.15, -0.1) is 0 Å². The molecule has 0 unspecified atom stereocenters. The van der Waals surface area contributed by atoms with Crippen LogP contribution in [0, 0.1) is 0 Å². The Morgan fingerprint density at radius 2 is 1.54 bits per heavy atom. The molecule has 0 aliphatic carbocycles. The van der Waals surface area contributed by atoms with Crippen LogP contribution < -0.4 is 0 Å². The molecule has 2 aromatic rings. The highest BCUT2D eigenvalue weighted by Crippen LogP contribution is 2.13. The molecule has 2 amide bonds. The van der Waals surface area contributed by atoms with Crippen molar-refractivity contribution in [2.45, 2.75) is 13.0 Å². The molecule has 1 aliphatic rings. The zero-order valence-electron chi connectivity index (χ0n) is 14.4. The Bertz CT molecular complexity index is 759. The number of amides is 2. The van der Waals surface area contributed by atoms with Gasteiger partial charge in [0.2, 0.25) is 5.91 Å². The third kappa shape index (κ3) is 4.99. The van der Waals surface area contributed by atoms with Crippen LogP contribution in [-0.2, 0) is 22.6 Å². The normalized spacial score (nSPS) is 14.2. The second-order valence-corrected chi connectivity index (χ2v) is 6.65. The van der Waals surface area contributed by atoms with Gasteiger partial charge >= 0.3 is 6.09 Å². The van der Waals surface area contributed by atoms with Gasteiger partial charge in [-0.2, -0.15) is 0 Å². The van der Waals surface area contributed by atoms with Gasteiger partial charge in [0.25, 0.3) is 0 Å². The quantitative estimate of drug-likeness (QED) is 0.826. The SMILES string of the molecule is O=C(Cc1cccc(Cl)c1)N1CCN(C(=O)OCc2ccccc2)CC1. The average molecular weight is 373 g/mol. The molecule has 1 saturated heterocycles. The summed E-state index contributed by atoms with van der Waals surface area (Å²) >= 11 is 5.96. The van der Waals surface area contributed by atoms with Crippen LogP contribution in [0.25, 0.3) is 0 Å². The molecule has 6 heteroatoms. The summed E-state index contributed by atoms with van der Waals surface area (Å²) < 4.78 is 5.34. The molecular formula is C20H21ClN2O3. The number of ether oxygens (including phenoxy) is 1. The van der Waals surface area contributed by atoms with E-state index in [9.17, 15) is 9.59 Å². The summed E-state index contributed by atoms with van der Waals surface area (Å²) in [5.41, 5.74) is 1.85. The molecule has 0 radical (unpaired) electrons. The average Bonchev–Trinajstić information content (AvgIpc) is 2.67. The second kappa shape index (κ2) is 8.72. The molecule has 2 aromatic carbocycles. The molecule has 5 nitrogen and oxygen atoms in total. The third-order valence-corrected chi connectivity index (χ3v) is 4.58. The number of halogens is 1. The van der Waals surface area contributed by atoms with E-state index in [-0.39, 0.29) is 18.6 Å². The zero-order valence-corrected chi connectivity index (χ0v) is 15.2. The fourth-order valence-electron chi connectivity index (χ4n) is 2.88. The van der Waals surface area contributed by atoms with E-state index in [0.717, 1.165) is 11.1 Å². The summed E-state index contributed by atoms with van der Waals surface area (Å²) in [5, 5.41) is 0.626. The lowest BCUT2D eigenvalue weighted by atomic mass is 10.1. The number of carbonyl (C=O) groups excluding carboxylic acids is 2. The molecule has 0 spiro atoms. The zero-order chi connectivity index (χ0) is 18.4. The van der Waals surface area contributed by atoms with Crippen LogP contribution in [0.1, 0.15) is 11.1 Å². The van der Waals surface area contributed by atoms with Crippen LogP contribution in [0.2, 0.25) is 5.02 Å². The van der Waals surface area contributed by atoms with E-state index >= 15 is 0 Å². The molecule has 136 valence electrons. The van der Waals surface area contributed by atoms with E-state index in [2.05, 4.69) is 0 Å². The van der Waals surface area contributed by atoms with Gasteiger partial charge in [-0.3, -0.25) is 4.79 Å². The van der Waals surface area contributed by atoms with Crippen molar-refractivity contribution in [3.63, 3.8) is 0 Å². The monoisotopic (exact) mass is 372 g/mol. The van der Waals surface area contributed by atoms with Crippen molar-refractivity contribution in [3.05, 3.63) is 70.7 Å². The van der Waals surface area contributed by atoms with Crippen LogP contribution >= 0.6 is 11.6 Å². The summed E-state index contributed by atoms with van der Waals surface area (Å²) in [6, 6.07) is 16.9. The minimum atomic E-state index is -0.337. The van der Waals surface area contributed by atoms with Crippen molar-refractivity contribution in [2.24, 2.45) is 0 Å². The highest BCUT2D eigenvalue weighted by molar-refractivity contribution is 6.30. The standard InChI is InChI=1S/C20H21ClN2O3/c21-18-8-4-7-17(13-18)14-19(24)22-9-11-23(12-10-22)20(25)26-15-16-5-2-1-3-6-16/h1-8,13H,9-12,14-15H2. The summed E-state index contributed by atoms with van der Waals surface area (Å²) in [7, 11) is 0. The molecule has 1 heterocycles. The molecule has 26 heavy (non-hydrogen) atoms. The highest BCUT2D eigenvalue weighted by Gasteiger charge is 2.25. The first-order valence-electron chi connectivity index (χ1n) is 8.59. The third-order valence-electron chi connectivity index (χ3n) is 4.34. The Balaban J connectivity index is 1.44. The predicted molar refractivity (Wildman–Crippen MR) is 99.9 cm³/mol. The maximum absolute atomic E-state index is 12.4. The summed E-state index contributed by atoms with van der Waals surface area (Å²) in [6.45, 7) is 2.25. The molecular weight excluding hydrogens is 352 g/mol. The number of benzene rings is 2. The maximum atomic E-state index is 12.4. The van der Waals surface area contributed by atoms with Crippen LogP contribution in [0.15, 0.2) is 54.6 Å². The lowest BCUT2D eigenvalue weighted by Crippen LogP contribution is -2.51. The largest absolute Gasteiger partial charge is 0.445 e. The minimum absolute atomic E-state index is 0.0459. The van der Waals surface area contributed by atoms with Crippen molar-refractivity contribution in [2.75, 3.05) is 26.2 Å². The minimum Gasteiger partial charge on any atom is -0.445 e. The number of carbonyl (C=O) groups is 2. The molecule has 0 bridgehead atoms. The molecule has 1 fully saturated rings. The lowest BCUT2D eigenvalue weighted by molar-refractivity contribution is -0.132. The number of hydrogen-bond donors (Lipinski definition) is 0. The van der Waals surface area contributed by atoms with Gasteiger partial charge in [0.1, 0.15) is 6.61 Å². The number of rotatable bonds is 4. The Morgan fingerprint density at radius 1 is 0.885 bits per heavy atom. The van der Waals surface area contributed by atoms with Crippen LogP contribution in [0.5, 0.6) is 0 Å². The van der Waals surface area contributed by atoms with Crippen LogP contribution in [-0.4, -0.2) is 48.0 Å². The topological polar surface area (TPSA) is 49.9 Å². The number of piperazine rings is 1.